The van der Waals surface area contributed by atoms with Crippen LogP contribution in [0.4, 0.5) is 0 Å². The van der Waals surface area contributed by atoms with Crippen LogP contribution in [0.5, 0.6) is 0 Å². The highest BCUT2D eigenvalue weighted by Gasteiger charge is 2.36. The van der Waals surface area contributed by atoms with E-state index in [4.69, 9.17) is 24.3 Å². The monoisotopic (exact) mass is 448 g/mol. The summed E-state index contributed by atoms with van der Waals surface area (Å²) in [5.74, 6) is 4.28. The van der Waals surface area contributed by atoms with Crippen LogP contribution < -0.4 is 11.5 Å². The van der Waals surface area contributed by atoms with Gasteiger partial charge in [-0.1, -0.05) is 95.8 Å². The van der Waals surface area contributed by atoms with Gasteiger partial charge < -0.3 is 11.5 Å². The van der Waals surface area contributed by atoms with Crippen LogP contribution in [0.25, 0.3) is 0 Å². The third-order valence-electron chi connectivity index (χ3n) is 6.10. The summed E-state index contributed by atoms with van der Waals surface area (Å²) in [4.78, 5) is 26.1. The molecular formula is C30H28N2O2. The molecule has 3 rings (SSSR count). The smallest absolute Gasteiger partial charge is 0.173 e. The molecule has 0 fully saturated rings. The molecule has 3 aromatic rings. The number of aryl methyl sites for hydroxylation is 2. The minimum atomic E-state index is -1.62. The average Bonchev–Trinajstić information content (AvgIpc) is 2.85. The molecule has 34 heavy (non-hydrogen) atoms. The summed E-state index contributed by atoms with van der Waals surface area (Å²) in [5.41, 5.74) is 14.2. The summed E-state index contributed by atoms with van der Waals surface area (Å²) in [5, 5.41) is 0. The number of rotatable bonds is 8. The Balaban J connectivity index is 1.84. The van der Waals surface area contributed by atoms with Gasteiger partial charge in [0.25, 0.3) is 0 Å². The van der Waals surface area contributed by atoms with E-state index in [-0.39, 0.29) is 24.4 Å². The van der Waals surface area contributed by atoms with Crippen molar-refractivity contribution < 1.29 is 9.59 Å². The molecule has 2 unspecified atom stereocenters. The molecule has 0 saturated carbocycles. The Kier molecular flexibility index (Phi) is 7.18. The van der Waals surface area contributed by atoms with Gasteiger partial charge in [0, 0.05) is 12.8 Å². The van der Waals surface area contributed by atoms with E-state index in [1.807, 2.05) is 62.4 Å². The second kappa shape index (κ2) is 9.89. The van der Waals surface area contributed by atoms with Crippen molar-refractivity contribution in [3.63, 3.8) is 0 Å². The van der Waals surface area contributed by atoms with Gasteiger partial charge in [-0.3, -0.25) is 9.59 Å². The number of hydrogen-bond donors (Lipinski definition) is 2. The molecule has 3 aromatic carbocycles. The zero-order valence-electron chi connectivity index (χ0n) is 19.5. The highest BCUT2D eigenvalue weighted by atomic mass is 16.1. The predicted molar refractivity (Wildman–Crippen MR) is 136 cm³/mol. The van der Waals surface area contributed by atoms with Gasteiger partial charge in [-0.25, -0.2) is 0 Å². The minimum Gasteiger partial charge on any atom is -0.305 e. The largest absolute Gasteiger partial charge is 0.305 e. The molecule has 0 aliphatic carbocycles. The van der Waals surface area contributed by atoms with Crippen LogP contribution >= 0.6 is 0 Å². The van der Waals surface area contributed by atoms with Gasteiger partial charge >= 0.3 is 0 Å². The molecule has 0 heterocycles. The molecule has 0 bridgehead atoms. The van der Waals surface area contributed by atoms with Crippen molar-refractivity contribution in [2.75, 3.05) is 0 Å². The van der Waals surface area contributed by atoms with Crippen molar-refractivity contribution in [1.82, 2.24) is 0 Å². The fourth-order valence-electron chi connectivity index (χ4n) is 3.71. The number of nitrogens with two attached hydrogens (primary N) is 2. The topological polar surface area (TPSA) is 86.2 Å². The molecule has 2 atom stereocenters. The summed E-state index contributed by atoms with van der Waals surface area (Å²) in [7, 11) is 0. The van der Waals surface area contributed by atoms with Crippen LogP contribution in [0.15, 0.2) is 72.8 Å². The first-order chi connectivity index (χ1) is 16.1. The van der Waals surface area contributed by atoms with E-state index >= 15 is 0 Å². The number of Topliss-reactive ketones (excluding diaryl/α,β-unsaturated/α-hetero) is 2. The summed E-state index contributed by atoms with van der Waals surface area (Å²) in [6.45, 7) is 3.95. The van der Waals surface area contributed by atoms with E-state index in [0.717, 1.165) is 22.3 Å². The Hall–Kier alpha value is -3.96. The maximum atomic E-state index is 13.0. The maximum Gasteiger partial charge on any atom is 0.173 e. The molecule has 0 spiro atoms. The molecule has 0 amide bonds. The van der Waals surface area contributed by atoms with Crippen molar-refractivity contribution in [2.24, 2.45) is 11.5 Å². The number of benzene rings is 3. The molecular weight excluding hydrogens is 420 g/mol. The molecule has 4 heteroatoms. The van der Waals surface area contributed by atoms with E-state index in [1.54, 1.807) is 24.3 Å². The Labute approximate surface area is 201 Å². The van der Waals surface area contributed by atoms with Gasteiger partial charge in [-0.15, -0.1) is 12.8 Å². The van der Waals surface area contributed by atoms with E-state index in [0.29, 0.717) is 11.1 Å². The van der Waals surface area contributed by atoms with Crippen LogP contribution in [-0.4, -0.2) is 11.6 Å². The Bertz CT molecular complexity index is 1170. The summed E-state index contributed by atoms with van der Waals surface area (Å²) < 4.78 is 0. The number of carbonyl (C=O) groups excluding carboxylic acids is 2. The van der Waals surface area contributed by atoms with Crippen LogP contribution in [0.2, 0.25) is 0 Å². The zero-order valence-corrected chi connectivity index (χ0v) is 19.5. The third kappa shape index (κ3) is 5.00. The molecule has 0 radical (unpaired) electrons. The Morgan fingerprint density at radius 3 is 1.21 bits per heavy atom. The van der Waals surface area contributed by atoms with Crippen LogP contribution in [0.3, 0.4) is 0 Å². The normalized spacial score (nSPS) is 14.2. The summed E-state index contributed by atoms with van der Waals surface area (Å²) in [6.07, 6.45) is 11.6. The standard InChI is InChI=1S/C30H28N2O2/c1-5-29(31,27(33)19-23-11-7-21(3)8-12-23)25-15-17-26(18-16-25)30(32,6-2)28(34)20-24-13-9-22(4)10-14-24/h1-2,7-18H,19-20,31-32H2,3-4H3. The zero-order chi connectivity index (χ0) is 24.9. The van der Waals surface area contributed by atoms with E-state index < -0.39 is 11.1 Å². The first kappa shape index (κ1) is 24.7. The van der Waals surface area contributed by atoms with Gasteiger partial charge in [0.15, 0.2) is 22.6 Å². The van der Waals surface area contributed by atoms with Crippen molar-refractivity contribution in [1.29, 1.82) is 0 Å². The van der Waals surface area contributed by atoms with Crippen LogP contribution in [-0.2, 0) is 33.5 Å². The van der Waals surface area contributed by atoms with Crippen molar-refractivity contribution in [3.05, 3.63) is 106 Å². The summed E-state index contributed by atoms with van der Waals surface area (Å²) in [6, 6.07) is 21.7. The highest BCUT2D eigenvalue weighted by Crippen LogP contribution is 2.26. The lowest BCUT2D eigenvalue weighted by Crippen LogP contribution is -2.46. The van der Waals surface area contributed by atoms with Gasteiger partial charge in [-0.05, 0) is 36.1 Å². The fraction of sp³-hybridized carbons (Fsp3) is 0.200. The number of carbonyl (C=O) groups is 2. The van der Waals surface area contributed by atoms with Crippen LogP contribution in [0, 0.1) is 38.5 Å². The lowest BCUT2D eigenvalue weighted by atomic mass is 9.81. The average molecular weight is 449 g/mol. The number of ketones is 2. The van der Waals surface area contributed by atoms with E-state index in [2.05, 4.69) is 11.8 Å². The number of terminal acetylenes is 2. The Morgan fingerprint density at radius 1 is 0.647 bits per heavy atom. The molecule has 0 aliphatic rings. The maximum absolute atomic E-state index is 13.0. The number of hydrogen-bond acceptors (Lipinski definition) is 4. The van der Waals surface area contributed by atoms with Gasteiger partial charge in [0.1, 0.15) is 0 Å². The Morgan fingerprint density at radius 2 is 0.941 bits per heavy atom. The molecule has 170 valence electrons. The molecule has 0 saturated heterocycles. The fourth-order valence-corrected chi connectivity index (χ4v) is 3.71. The highest BCUT2D eigenvalue weighted by molar-refractivity contribution is 5.95. The lowest BCUT2D eigenvalue weighted by Gasteiger charge is -2.26. The van der Waals surface area contributed by atoms with Crippen molar-refractivity contribution >= 4 is 11.6 Å². The van der Waals surface area contributed by atoms with Gasteiger partial charge in [0.2, 0.25) is 0 Å². The minimum absolute atomic E-state index is 0.100. The summed E-state index contributed by atoms with van der Waals surface area (Å²) >= 11 is 0. The first-order valence-corrected chi connectivity index (χ1v) is 10.9. The molecule has 0 aliphatic heterocycles. The van der Waals surface area contributed by atoms with E-state index in [1.165, 1.54) is 0 Å². The van der Waals surface area contributed by atoms with Crippen LogP contribution in [0.1, 0.15) is 33.4 Å². The van der Waals surface area contributed by atoms with Crippen molar-refractivity contribution in [2.45, 2.75) is 37.8 Å². The predicted octanol–water partition coefficient (Wildman–Crippen LogP) is 3.50. The molecule has 0 aromatic heterocycles. The molecule has 4 nitrogen and oxygen atoms in total. The quantitative estimate of drug-likeness (QED) is 0.517. The van der Waals surface area contributed by atoms with Gasteiger partial charge in [-0.2, -0.15) is 0 Å². The lowest BCUT2D eigenvalue weighted by molar-refractivity contribution is -0.122. The SMILES string of the molecule is C#CC(N)(C(=O)Cc1ccc(C)cc1)c1ccc(C(N)(C#C)C(=O)Cc2ccc(C)cc2)cc1. The van der Waals surface area contributed by atoms with E-state index in [9.17, 15) is 9.59 Å². The third-order valence-corrected chi connectivity index (χ3v) is 6.10. The van der Waals surface area contributed by atoms with Gasteiger partial charge in [0.05, 0.1) is 0 Å². The molecule has 4 N–H and O–H groups in total. The first-order valence-electron chi connectivity index (χ1n) is 10.9. The van der Waals surface area contributed by atoms with Crippen molar-refractivity contribution in [3.8, 4) is 24.7 Å². The second-order valence-corrected chi connectivity index (χ2v) is 8.65. The second-order valence-electron chi connectivity index (χ2n) is 8.65.